The Morgan fingerprint density at radius 1 is 1.68 bits per heavy atom. The van der Waals surface area contributed by atoms with Crippen molar-refractivity contribution < 1.29 is 9.90 Å². The first-order valence-corrected chi connectivity index (χ1v) is 7.60. The molecule has 1 aliphatic carbocycles. The second-order valence-electron chi connectivity index (χ2n) is 5.17. The lowest BCUT2D eigenvalue weighted by molar-refractivity contribution is 0.0747. The van der Waals surface area contributed by atoms with Crippen LogP contribution in [0, 0.1) is 5.92 Å². The third kappa shape index (κ3) is 3.25. The van der Waals surface area contributed by atoms with E-state index in [4.69, 9.17) is 5.11 Å². The van der Waals surface area contributed by atoms with E-state index in [2.05, 4.69) is 13.5 Å². The molecular weight excluding hydrogens is 258 g/mol. The molecule has 19 heavy (non-hydrogen) atoms. The molecule has 1 aromatic heterocycles. The summed E-state index contributed by atoms with van der Waals surface area (Å²) in [6.07, 6.45) is 5.09. The first-order chi connectivity index (χ1) is 9.15. The SMILES string of the molecule is C=CCN(CCO)C(=O)c1cc2c(s1)CCC(C)C2. The molecule has 0 aliphatic heterocycles. The fourth-order valence-electron chi connectivity index (χ4n) is 2.52. The Bertz CT molecular complexity index is 467. The van der Waals surface area contributed by atoms with Gasteiger partial charge in [0.25, 0.3) is 5.91 Å². The van der Waals surface area contributed by atoms with Gasteiger partial charge < -0.3 is 10.0 Å². The number of carbonyl (C=O) groups excluding carboxylic acids is 1. The van der Waals surface area contributed by atoms with E-state index in [-0.39, 0.29) is 12.5 Å². The number of amides is 1. The Kier molecular flexibility index (Phi) is 4.77. The average Bonchev–Trinajstić information content (AvgIpc) is 2.80. The lowest BCUT2D eigenvalue weighted by Crippen LogP contribution is -2.33. The van der Waals surface area contributed by atoms with Crippen molar-refractivity contribution in [3.63, 3.8) is 0 Å². The molecule has 1 atom stereocenters. The first kappa shape index (κ1) is 14.3. The van der Waals surface area contributed by atoms with Gasteiger partial charge in [0.15, 0.2) is 0 Å². The molecule has 104 valence electrons. The van der Waals surface area contributed by atoms with Crippen LogP contribution in [0.2, 0.25) is 0 Å². The minimum absolute atomic E-state index is 0.0122. The van der Waals surface area contributed by atoms with Crippen LogP contribution in [0.5, 0.6) is 0 Å². The predicted molar refractivity (Wildman–Crippen MR) is 78.7 cm³/mol. The van der Waals surface area contributed by atoms with Gasteiger partial charge in [-0.05, 0) is 36.8 Å². The number of aryl methyl sites for hydroxylation is 1. The smallest absolute Gasteiger partial charge is 0.264 e. The van der Waals surface area contributed by atoms with Crippen molar-refractivity contribution in [3.05, 3.63) is 34.0 Å². The predicted octanol–water partition coefficient (Wildman–Crippen LogP) is 2.49. The summed E-state index contributed by atoms with van der Waals surface area (Å²) in [4.78, 5) is 16.2. The second kappa shape index (κ2) is 6.35. The van der Waals surface area contributed by atoms with Crippen molar-refractivity contribution in [2.45, 2.75) is 26.2 Å². The van der Waals surface area contributed by atoms with Crippen LogP contribution in [0.25, 0.3) is 0 Å². The van der Waals surface area contributed by atoms with Gasteiger partial charge in [-0.1, -0.05) is 13.0 Å². The molecule has 0 aromatic carbocycles. The Morgan fingerprint density at radius 3 is 3.16 bits per heavy atom. The third-order valence-electron chi connectivity index (χ3n) is 3.55. The fraction of sp³-hybridized carbons (Fsp3) is 0.533. The molecule has 1 amide bonds. The normalized spacial score (nSPS) is 17.9. The Balaban J connectivity index is 2.16. The molecular formula is C15H21NO2S. The lowest BCUT2D eigenvalue weighted by atomic mass is 9.90. The van der Waals surface area contributed by atoms with Gasteiger partial charge in [0.2, 0.25) is 0 Å². The maximum absolute atomic E-state index is 12.4. The van der Waals surface area contributed by atoms with Crippen molar-refractivity contribution in [2.24, 2.45) is 5.92 Å². The first-order valence-electron chi connectivity index (χ1n) is 6.78. The summed E-state index contributed by atoms with van der Waals surface area (Å²) in [5, 5.41) is 9.03. The number of fused-ring (bicyclic) bond motifs is 1. The number of carbonyl (C=O) groups is 1. The quantitative estimate of drug-likeness (QED) is 0.841. The van der Waals surface area contributed by atoms with E-state index < -0.39 is 0 Å². The van der Waals surface area contributed by atoms with E-state index in [9.17, 15) is 4.79 Å². The zero-order valence-corrected chi connectivity index (χ0v) is 12.2. The van der Waals surface area contributed by atoms with Crippen LogP contribution in [0.1, 0.15) is 33.5 Å². The van der Waals surface area contributed by atoms with Crippen molar-refractivity contribution in [2.75, 3.05) is 19.7 Å². The van der Waals surface area contributed by atoms with Gasteiger partial charge in [-0.25, -0.2) is 0 Å². The summed E-state index contributed by atoms with van der Waals surface area (Å²) >= 11 is 1.62. The van der Waals surface area contributed by atoms with Gasteiger partial charge in [0, 0.05) is 18.0 Å². The van der Waals surface area contributed by atoms with E-state index in [0.717, 1.165) is 17.7 Å². The number of thiophene rings is 1. The van der Waals surface area contributed by atoms with Gasteiger partial charge in [0.1, 0.15) is 0 Å². The molecule has 0 bridgehead atoms. The molecule has 1 N–H and O–H groups in total. The molecule has 0 fully saturated rings. The van der Waals surface area contributed by atoms with Crippen LogP contribution < -0.4 is 0 Å². The number of rotatable bonds is 5. The largest absolute Gasteiger partial charge is 0.395 e. The molecule has 0 saturated carbocycles. The molecule has 1 unspecified atom stereocenters. The minimum Gasteiger partial charge on any atom is -0.395 e. The summed E-state index contributed by atoms with van der Waals surface area (Å²) in [5.41, 5.74) is 1.34. The summed E-state index contributed by atoms with van der Waals surface area (Å²) in [5.74, 6) is 0.729. The molecule has 2 rings (SSSR count). The molecule has 0 saturated heterocycles. The highest BCUT2D eigenvalue weighted by Gasteiger charge is 2.22. The van der Waals surface area contributed by atoms with Crippen LogP contribution in [0.15, 0.2) is 18.7 Å². The van der Waals surface area contributed by atoms with Gasteiger partial charge in [0.05, 0.1) is 11.5 Å². The summed E-state index contributed by atoms with van der Waals surface area (Å²) in [6, 6.07) is 2.05. The molecule has 4 heteroatoms. The maximum Gasteiger partial charge on any atom is 0.264 e. The third-order valence-corrected chi connectivity index (χ3v) is 4.77. The highest BCUT2D eigenvalue weighted by Crippen LogP contribution is 2.32. The standard InChI is InChI=1S/C15H21NO2S/c1-3-6-16(7-8-17)15(18)14-10-12-9-11(2)4-5-13(12)19-14/h3,10-11,17H,1,4-9H2,2H3. The van der Waals surface area contributed by atoms with Gasteiger partial charge in [-0.2, -0.15) is 0 Å². The number of hydrogen-bond donors (Lipinski definition) is 1. The van der Waals surface area contributed by atoms with E-state index in [1.165, 1.54) is 16.9 Å². The monoisotopic (exact) mass is 279 g/mol. The highest BCUT2D eigenvalue weighted by atomic mass is 32.1. The maximum atomic E-state index is 12.4. The van der Waals surface area contributed by atoms with E-state index >= 15 is 0 Å². The lowest BCUT2D eigenvalue weighted by Gasteiger charge is -2.18. The van der Waals surface area contributed by atoms with E-state index in [1.54, 1.807) is 22.3 Å². The summed E-state index contributed by atoms with van der Waals surface area (Å²) in [6.45, 7) is 6.76. The molecule has 1 aliphatic rings. The minimum atomic E-state index is -0.0122. The summed E-state index contributed by atoms with van der Waals surface area (Å²) in [7, 11) is 0. The van der Waals surface area contributed by atoms with Gasteiger partial charge in [-0.15, -0.1) is 17.9 Å². The molecule has 0 spiro atoms. The van der Waals surface area contributed by atoms with E-state index in [0.29, 0.717) is 19.0 Å². The van der Waals surface area contributed by atoms with Crippen molar-refractivity contribution in [3.8, 4) is 0 Å². The van der Waals surface area contributed by atoms with Crippen LogP contribution >= 0.6 is 11.3 Å². The van der Waals surface area contributed by atoms with Gasteiger partial charge >= 0.3 is 0 Å². The Hall–Kier alpha value is -1.13. The number of aliphatic hydroxyl groups is 1. The van der Waals surface area contributed by atoms with E-state index in [1.807, 2.05) is 6.07 Å². The second-order valence-corrected chi connectivity index (χ2v) is 6.31. The molecule has 3 nitrogen and oxygen atoms in total. The van der Waals surface area contributed by atoms with Gasteiger partial charge in [-0.3, -0.25) is 4.79 Å². The van der Waals surface area contributed by atoms with Crippen molar-refractivity contribution in [1.29, 1.82) is 0 Å². The van der Waals surface area contributed by atoms with Crippen LogP contribution in [-0.4, -0.2) is 35.6 Å². The number of aliphatic hydroxyl groups excluding tert-OH is 1. The molecule has 1 heterocycles. The van der Waals surface area contributed by atoms with Crippen molar-refractivity contribution in [1.82, 2.24) is 4.90 Å². The average molecular weight is 279 g/mol. The zero-order valence-electron chi connectivity index (χ0n) is 11.4. The summed E-state index contributed by atoms with van der Waals surface area (Å²) < 4.78 is 0. The van der Waals surface area contributed by atoms with Crippen LogP contribution in [0.3, 0.4) is 0 Å². The Morgan fingerprint density at radius 2 is 2.47 bits per heavy atom. The number of hydrogen-bond acceptors (Lipinski definition) is 3. The van der Waals surface area contributed by atoms with Crippen LogP contribution in [-0.2, 0) is 12.8 Å². The van der Waals surface area contributed by atoms with Crippen molar-refractivity contribution >= 4 is 17.2 Å². The topological polar surface area (TPSA) is 40.5 Å². The zero-order chi connectivity index (χ0) is 13.8. The number of nitrogens with zero attached hydrogens (tertiary/aromatic N) is 1. The highest BCUT2D eigenvalue weighted by molar-refractivity contribution is 7.14. The molecule has 1 aromatic rings. The van der Waals surface area contributed by atoms with Crippen LogP contribution in [0.4, 0.5) is 0 Å². The molecule has 0 radical (unpaired) electrons. The Labute approximate surface area is 118 Å². The fourth-order valence-corrected chi connectivity index (χ4v) is 3.70.